The summed E-state index contributed by atoms with van der Waals surface area (Å²) in [6.07, 6.45) is 9.05. The van der Waals surface area contributed by atoms with Crippen molar-refractivity contribution in [3.63, 3.8) is 0 Å². The quantitative estimate of drug-likeness (QED) is 0.690. The summed E-state index contributed by atoms with van der Waals surface area (Å²) < 4.78 is 12.2. The fourth-order valence-corrected chi connectivity index (χ4v) is 2.30. The molecule has 1 aromatic carbocycles. The van der Waals surface area contributed by atoms with E-state index in [4.69, 9.17) is 15.9 Å². The van der Waals surface area contributed by atoms with Crippen LogP contribution in [-0.2, 0) is 0 Å². The molecule has 0 amide bonds. The second-order valence-electron chi connectivity index (χ2n) is 4.52. The molecule has 0 aliphatic rings. The van der Waals surface area contributed by atoms with Gasteiger partial charge in [-0.25, -0.2) is 4.98 Å². The Labute approximate surface area is 122 Å². The molecular weight excluding hydrogens is 264 g/mol. The van der Waals surface area contributed by atoms with E-state index in [1.807, 2.05) is 30.5 Å². The van der Waals surface area contributed by atoms with Crippen LogP contribution in [0, 0.1) is 12.5 Å². The first-order valence-corrected chi connectivity index (χ1v) is 6.43. The Morgan fingerprint density at radius 3 is 2.57 bits per heavy atom. The molecule has 0 unspecified atom stereocenters. The average Bonchev–Trinajstić information content (AvgIpc) is 2.96. The van der Waals surface area contributed by atoms with Crippen molar-refractivity contribution in [3.8, 4) is 35.1 Å². The van der Waals surface area contributed by atoms with Gasteiger partial charge in [-0.05, 0) is 29.8 Å². The number of pyridine rings is 1. The van der Waals surface area contributed by atoms with Crippen LogP contribution >= 0.6 is 0 Å². The van der Waals surface area contributed by atoms with Gasteiger partial charge in [0.05, 0.1) is 14.2 Å². The number of methoxy groups -OCH3 is 2. The zero-order valence-electron chi connectivity index (χ0n) is 11.8. The molecular formula is C17H14N2O2. The van der Waals surface area contributed by atoms with Gasteiger partial charge in [-0.15, -0.1) is 0 Å². The highest BCUT2D eigenvalue weighted by Crippen LogP contribution is 2.32. The van der Waals surface area contributed by atoms with E-state index in [9.17, 15) is 0 Å². The summed E-state index contributed by atoms with van der Waals surface area (Å²) in [6.45, 7) is 0. The van der Waals surface area contributed by atoms with Crippen LogP contribution in [0.5, 0.6) is 11.5 Å². The fourth-order valence-electron chi connectivity index (χ4n) is 2.30. The highest BCUT2D eigenvalue weighted by Gasteiger charge is 2.08. The lowest BCUT2D eigenvalue weighted by molar-refractivity contribution is 0.355. The maximum atomic E-state index is 5.42. The molecule has 0 aliphatic heterocycles. The van der Waals surface area contributed by atoms with Crippen LogP contribution < -0.4 is 9.47 Å². The highest BCUT2D eigenvalue weighted by molar-refractivity contribution is 5.83. The third-order valence-electron chi connectivity index (χ3n) is 3.38. The summed E-state index contributed by atoms with van der Waals surface area (Å²) >= 11 is 0. The number of hydrogen-bond donors (Lipinski definition) is 0. The van der Waals surface area contributed by atoms with Crippen LogP contribution in [0.3, 0.4) is 0 Å². The number of ether oxygens (including phenoxy) is 2. The molecule has 0 saturated heterocycles. The van der Waals surface area contributed by atoms with Gasteiger partial charge in [-0.2, -0.15) is 0 Å². The molecule has 0 radical (unpaired) electrons. The van der Waals surface area contributed by atoms with E-state index < -0.39 is 0 Å². The number of rotatable bonds is 3. The second-order valence-corrected chi connectivity index (χ2v) is 4.52. The maximum Gasteiger partial charge on any atom is 0.161 e. The van der Waals surface area contributed by atoms with Crippen LogP contribution in [0.25, 0.3) is 22.2 Å². The van der Waals surface area contributed by atoms with Gasteiger partial charge in [-0.1, -0.05) is 12.5 Å². The minimum absolute atomic E-state index is 0.691. The predicted molar refractivity (Wildman–Crippen MR) is 82.5 cm³/mol. The molecule has 4 heteroatoms. The number of hydrogen-bond acceptors (Lipinski definition) is 3. The Hall–Kier alpha value is -2.93. The van der Waals surface area contributed by atoms with Gasteiger partial charge in [0.15, 0.2) is 17.1 Å². The first-order chi connectivity index (χ1) is 10.3. The van der Waals surface area contributed by atoms with E-state index in [2.05, 4.69) is 17.1 Å². The van der Waals surface area contributed by atoms with Crippen LogP contribution in [0.4, 0.5) is 0 Å². The van der Waals surface area contributed by atoms with E-state index in [1.54, 1.807) is 25.0 Å². The zero-order chi connectivity index (χ0) is 14.8. The maximum absolute atomic E-state index is 5.42. The Kier molecular flexibility index (Phi) is 3.25. The topological polar surface area (TPSA) is 36.3 Å². The van der Waals surface area contributed by atoms with Crippen LogP contribution in [0.1, 0.15) is 0 Å². The molecule has 0 bridgehead atoms. The zero-order valence-corrected chi connectivity index (χ0v) is 11.8. The highest BCUT2D eigenvalue weighted by atomic mass is 16.5. The van der Waals surface area contributed by atoms with Crippen LogP contribution in [0.2, 0.25) is 0 Å². The molecule has 0 aliphatic carbocycles. The minimum atomic E-state index is 0.691. The third kappa shape index (κ3) is 2.19. The first kappa shape index (κ1) is 13.1. The molecule has 0 spiro atoms. The van der Waals surface area contributed by atoms with Crippen molar-refractivity contribution < 1.29 is 9.47 Å². The molecule has 2 heterocycles. The Morgan fingerprint density at radius 1 is 1.05 bits per heavy atom. The fraction of sp³-hybridized carbons (Fsp3) is 0.118. The average molecular weight is 278 g/mol. The van der Waals surface area contributed by atoms with Gasteiger partial charge >= 0.3 is 0 Å². The molecule has 0 saturated carbocycles. The number of aromatic nitrogens is 2. The van der Waals surface area contributed by atoms with Crippen LogP contribution in [0.15, 0.2) is 42.7 Å². The molecule has 0 N–H and O–H groups in total. The summed E-state index contributed by atoms with van der Waals surface area (Å²) in [5.41, 5.74) is 2.79. The Morgan fingerprint density at radius 2 is 1.86 bits per heavy atom. The number of fused-ring (bicyclic) bond motifs is 1. The smallest absolute Gasteiger partial charge is 0.161 e. The van der Waals surface area contributed by atoms with Crippen molar-refractivity contribution in [2.45, 2.75) is 0 Å². The molecule has 104 valence electrons. The van der Waals surface area contributed by atoms with E-state index in [0.29, 0.717) is 11.5 Å². The molecule has 0 fully saturated rings. The van der Waals surface area contributed by atoms with E-state index in [-0.39, 0.29) is 0 Å². The normalized spacial score (nSPS) is 10.3. The second kappa shape index (κ2) is 5.22. The summed E-state index contributed by atoms with van der Waals surface area (Å²) in [6, 6.07) is 12.3. The van der Waals surface area contributed by atoms with Crippen molar-refractivity contribution in [2.24, 2.45) is 0 Å². The lowest BCUT2D eigenvalue weighted by Crippen LogP contribution is -1.92. The third-order valence-corrected chi connectivity index (χ3v) is 3.38. The molecule has 21 heavy (non-hydrogen) atoms. The summed E-state index contributed by atoms with van der Waals surface area (Å²) in [4.78, 5) is 4.43. The lowest BCUT2D eigenvalue weighted by atomic mass is 10.1. The van der Waals surface area contributed by atoms with Crippen molar-refractivity contribution in [1.82, 2.24) is 9.55 Å². The summed E-state index contributed by atoms with van der Waals surface area (Å²) in [5.74, 6) is 1.39. The molecule has 3 rings (SSSR count). The number of terminal acetylenes is 1. The van der Waals surface area contributed by atoms with Crippen molar-refractivity contribution in [1.29, 1.82) is 0 Å². The Balaban J connectivity index is 2.10. The molecule has 4 nitrogen and oxygen atoms in total. The van der Waals surface area contributed by atoms with E-state index in [1.165, 1.54) is 0 Å². The lowest BCUT2D eigenvalue weighted by Gasteiger charge is -2.09. The van der Waals surface area contributed by atoms with Crippen molar-refractivity contribution in [2.75, 3.05) is 14.2 Å². The monoisotopic (exact) mass is 278 g/mol. The van der Waals surface area contributed by atoms with Gasteiger partial charge in [0.1, 0.15) is 0 Å². The molecule has 3 aromatic rings. The Bertz CT molecular complexity index is 844. The largest absolute Gasteiger partial charge is 0.493 e. The van der Waals surface area contributed by atoms with Crippen LogP contribution in [-0.4, -0.2) is 23.8 Å². The summed E-state index contributed by atoms with van der Waals surface area (Å²) in [7, 11) is 3.24. The van der Waals surface area contributed by atoms with Crippen molar-refractivity contribution >= 4 is 11.0 Å². The number of benzene rings is 1. The van der Waals surface area contributed by atoms with Gasteiger partial charge < -0.3 is 9.47 Å². The minimum Gasteiger partial charge on any atom is -0.493 e. The first-order valence-electron chi connectivity index (χ1n) is 6.43. The summed E-state index contributed by atoms with van der Waals surface area (Å²) in [5, 5.41) is 1.00. The standard InChI is InChI=1S/C17H14N2O2/c1-4-19-8-7-13-9-14(11-18-17(13)19)12-5-6-15(20-2)16(10-12)21-3/h1,5-11H,2-3H3. The van der Waals surface area contributed by atoms with Crippen molar-refractivity contribution in [3.05, 3.63) is 42.7 Å². The van der Waals surface area contributed by atoms with E-state index in [0.717, 1.165) is 22.2 Å². The molecule has 2 aromatic heterocycles. The SMILES string of the molecule is C#Cn1ccc2cc(-c3ccc(OC)c(OC)c3)cnc21. The van der Waals surface area contributed by atoms with E-state index >= 15 is 0 Å². The van der Waals surface area contributed by atoms with Gasteiger partial charge in [-0.3, -0.25) is 4.57 Å². The molecule has 0 atom stereocenters. The predicted octanol–water partition coefficient (Wildman–Crippen LogP) is 3.16. The van der Waals surface area contributed by atoms with Gasteiger partial charge in [0, 0.05) is 29.4 Å². The number of nitrogens with zero attached hydrogens (tertiary/aromatic N) is 2. The van der Waals surface area contributed by atoms with Gasteiger partial charge in [0.2, 0.25) is 0 Å². The van der Waals surface area contributed by atoms with Gasteiger partial charge in [0.25, 0.3) is 0 Å².